The number of aromatic amines is 1. The Hall–Kier alpha value is -2.61. The minimum atomic E-state index is -0.139. The maximum Gasteiger partial charge on any atom is 0.272 e. The fourth-order valence-corrected chi connectivity index (χ4v) is 5.86. The summed E-state index contributed by atoms with van der Waals surface area (Å²) in [5, 5.41) is 11.1. The van der Waals surface area contributed by atoms with Crippen molar-refractivity contribution in [3.63, 3.8) is 0 Å². The van der Waals surface area contributed by atoms with Gasteiger partial charge in [0.05, 0.1) is 19.2 Å². The second kappa shape index (κ2) is 9.33. The zero-order chi connectivity index (χ0) is 22.8. The molecule has 2 saturated heterocycles. The molecule has 0 unspecified atom stereocenters. The van der Waals surface area contributed by atoms with Gasteiger partial charge in [0.2, 0.25) is 5.91 Å². The number of piperidine rings is 1. The van der Waals surface area contributed by atoms with Crippen LogP contribution in [0.2, 0.25) is 0 Å². The number of likely N-dealkylation sites (tertiary alicyclic amines) is 2. The topological polar surface area (TPSA) is 90.6 Å². The fourth-order valence-electron chi connectivity index (χ4n) is 5.86. The first-order valence-electron chi connectivity index (χ1n) is 12.4. The Balaban J connectivity index is 1.10. The average molecular weight is 454 g/mol. The van der Waals surface area contributed by atoms with Crippen LogP contribution in [0.3, 0.4) is 0 Å². The Kier molecular flexibility index (Phi) is 6.27. The van der Waals surface area contributed by atoms with Gasteiger partial charge in [-0.2, -0.15) is 5.10 Å². The van der Waals surface area contributed by atoms with E-state index in [-0.39, 0.29) is 23.3 Å². The molecule has 0 bridgehead atoms. The summed E-state index contributed by atoms with van der Waals surface area (Å²) in [5.74, 6) is 0.855. The van der Waals surface area contributed by atoms with Gasteiger partial charge in [-0.25, -0.2) is 0 Å². The minimum absolute atomic E-state index is 0.139. The molecule has 178 valence electrons. The summed E-state index contributed by atoms with van der Waals surface area (Å²) in [4.78, 5) is 30.1. The number of benzene rings is 1. The van der Waals surface area contributed by atoms with Crippen LogP contribution in [-0.4, -0.2) is 77.7 Å². The molecule has 8 nitrogen and oxygen atoms in total. The van der Waals surface area contributed by atoms with E-state index in [1.165, 1.54) is 25.7 Å². The fraction of sp³-hybridized carbons (Fsp3) is 0.640. The molecule has 2 aliphatic heterocycles. The zero-order valence-electron chi connectivity index (χ0n) is 19.6. The smallest absolute Gasteiger partial charge is 0.272 e. The molecule has 2 aromatic rings. The number of amides is 2. The van der Waals surface area contributed by atoms with Crippen LogP contribution in [0.25, 0.3) is 10.9 Å². The van der Waals surface area contributed by atoms with E-state index in [2.05, 4.69) is 25.3 Å². The number of fused-ring (bicyclic) bond motifs is 1. The van der Waals surface area contributed by atoms with E-state index in [0.717, 1.165) is 62.8 Å². The van der Waals surface area contributed by atoms with Crippen LogP contribution in [-0.2, 0) is 4.79 Å². The number of nitrogens with one attached hydrogen (secondary N) is 2. The normalized spacial score (nSPS) is 21.5. The first-order chi connectivity index (χ1) is 16.0. The number of nitrogens with zero attached hydrogens (tertiary/aromatic N) is 3. The molecule has 0 atom stereocenters. The Labute approximate surface area is 195 Å². The summed E-state index contributed by atoms with van der Waals surface area (Å²) in [7, 11) is 1.61. The Morgan fingerprint density at radius 3 is 2.55 bits per heavy atom. The molecule has 1 spiro atoms. The minimum Gasteiger partial charge on any atom is -0.497 e. The average Bonchev–Trinajstić information content (AvgIpc) is 3.06. The van der Waals surface area contributed by atoms with Crippen LogP contribution in [0.4, 0.5) is 0 Å². The predicted octanol–water partition coefficient (Wildman–Crippen LogP) is 2.95. The number of rotatable bonds is 5. The number of H-pyrrole nitrogens is 1. The lowest BCUT2D eigenvalue weighted by Gasteiger charge is -2.52. The van der Waals surface area contributed by atoms with E-state index < -0.39 is 0 Å². The van der Waals surface area contributed by atoms with E-state index in [0.29, 0.717) is 18.0 Å². The monoisotopic (exact) mass is 453 g/mol. The molecule has 2 N–H and O–H groups in total. The third-order valence-electron chi connectivity index (χ3n) is 7.91. The molecule has 3 aliphatic rings. The lowest BCUT2D eigenvalue weighted by Crippen LogP contribution is -2.56. The standard InChI is InChI=1S/C25H35N5O3/c1-33-19-6-7-21-20(14-19)23(28-27-21)24(32)26-18-15-25(16-18)8-12-30(13-9-25)22(31)17-29-10-4-2-3-5-11-29/h6-7,14,18H,2-5,8-13,15-17H2,1H3,(H,26,32)(H,27,28). The van der Waals surface area contributed by atoms with Crippen molar-refractivity contribution in [2.75, 3.05) is 39.8 Å². The molecular weight excluding hydrogens is 418 g/mol. The number of carbonyl (C=O) groups excluding carboxylic acids is 2. The highest BCUT2D eigenvalue weighted by molar-refractivity contribution is 6.05. The van der Waals surface area contributed by atoms with Gasteiger partial charge in [-0.3, -0.25) is 19.6 Å². The van der Waals surface area contributed by atoms with Crippen molar-refractivity contribution in [1.82, 2.24) is 25.3 Å². The van der Waals surface area contributed by atoms with E-state index in [4.69, 9.17) is 4.74 Å². The van der Waals surface area contributed by atoms with E-state index in [1.807, 2.05) is 18.2 Å². The maximum absolute atomic E-state index is 12.9. The Morgan fingerprint density at radius 1 is 1.12 bits per heavy atom. The highest BCUT2D eigenvalue weighted by Crippen LogP contribution is 2.49. The van der Waals surface area contributed by atoms with Gasteiger partial charge in [0.1, 0.15) is 5.75 Å². The highest BCUT2D eigenvalue weighted by atomic mass is 16.5. The van der Waals surface area contributed by atoms with Crippen LogP contribution in [0.5, 0.6) is 5.75 Å². The number of hydrogen-bond acceptors (Lipinski definition) is 5. The van der Waals surface area contributed by atoms with Crippen molar-refractivity contribution < 1.29 is 14.3 Å². The van der Waals surface area contributed by atoms with Gasteiger partial charge in [-0.05, 0) is 75.2 Å². The number of aromatic nitrogens is 2. The van der Waals surface area contributed by atoms with Crippen LogP contribution in [0.1, 0.15) is 61.9 Å². The predicted molar refractivity (Wildman–Crippen MR) is 126 cm³/mol. The van der Waals surface area contributed by atoms with E-state index in [9.17, 15) is 9.59 Å². The summed E-state index contributed by atoms with van der Waals surface area (Å²) in [6.07, 6.45) is 9.05. The highest BCUT2D eigenvalue weighted by Gasteiger charge is 2.47. The van der Waals surface area contributed by atoms with Crippen LogP contribution in [0.15, 0.2) is 18.2 Å². The van der Waals surface area contributed by atoms with E-state index in [1.54, 1.807) is 7.11 Å². The van der Waals surface area contributed by atoms with Crippen LogP contribution >= 0.6 is 0 Å². The van der Waals surface area contributed by atoms with Gasteiger partial charge in [0, 0.05) is 24.5 Å². The second-order valence-corrected chi connectivity index (χ2v) is 10.1. The van der Waals surface area contributed by atoms with Gasteiger partial charge in [-0.1, -0.05) is 12.8 Å². The SMILES string of the molecule is COc1ccc2[nH]nc(C(=O)NC3CC4(CCN(C(=O)CN5CCCCCC5)CC4)C3)c2c1. The van der Waals surface area contributed by atoms with Crippen molar-refractivity contribution in [3.8, 4) is 5.75 Å². The van der Waals surface area contributed by atoms with Crippen LogP contribution in [0, 0.1) is 5.41 Å². The molecule has 1 aliphatic carbocycles. The summed E-state index contributed by atoms with van der Waals surface area (Å²) < 4.78 is 5.28. The molecule has 0 radical (unpaired) electrons. The summed E-state index contributed by atoms with van der Waals surface area (Å²) in [6.45, 7) is 4.38. The summed E-state index contributed by atoms with van der Waals surface area (Å²) in [5.41, 5.74) is 1.51. The van der Waals surface area contributed by atoms with Gasteiger partial charge in [-0.15, -0.1) is 0 Å². The maximum atomic E-state index is 12.9. The first kappa shape index (κ1) is 22.2. The van der Waals surface area contributed by atoms with Gasteiger partial charge < -0.3 is 15.0 Å². The molecular formula is C25H35N5O3. The summed E-state index contributed by atoms with van der Waals surface area (Å²) >= 11 is 0. The molecule has 1 saturated carbocycles. The number of carbonyl (C=O) groups is 2. The molecule has 5 rings (SSSR count). The van der Waals surface area contributed by atoms with E-state index >= 15 is 0 Å². The third kappa shape index (κ3) is 4.71. The third-order valence-corrected chi connectivity index (χ3v) is 7.91. The van der Waals surface area contributed by atoms with Crippen molar-refractivity contribution in [2.45, 2.75) is 57.4 Å². The second-order valence-electron chi connectivity index (χ2n) is 10.1. The van der Waals surface area contributed by atoms with Gasteiger partial charge in [0.25, 0.3) is 5.91 Å². The van der Waals surface area contributed by atoms with Crippen molar-refractivity contribution in [1.29, 1.82) is 0 Å². The lowest BCUT2D eigenvalue weighted by molar-refractivity contribution is -0.136. The molecule has 2 amide bonds. The Morgan fingerprint density at radius 2 is 1.85 bits per heavy atom. The molecule has 1 aromatic carbocycles. The van der Waals surface area contributed by atoms with Crippen LogP contribution < -0.4 is 10.1 Å². The molecule has 3 heterocycles. The van der Waals surface area contributed by atoms with Crippen molar-refractivity contribution >= 4 is 22.7 Å². The first-order valence-corrected chi connectivity index (χ1v) is 12.4. The lowest BCUT2D eigenvalue weighted by atomic mass is 9.60. The summed E-state index contributed by atoms with van der Waals surface area (Å²) in [6, 6.07) is 5.74. The van der Waals surface area contributed by atoms with Gasteiger partial charge in [0.15, 0.2) is 5.69 Å². The Bertz CT molecular complexity index is 995. The number of ether oxygens (including phenoxy) is 1. The molecule has 3 fully saturated rings. The largest absolute Gasteiger partial charge is 0.497 e. The van der Waals surface area contributed by atoms with Gasteiger partial charge >= 0.3 is 0 Å². The molecule has 33 heavy (non-hydrogen) atoms. The quantitative estimate of drug-likeness (QED) is 0.727. The molecule has 1 aromatic heterocycles. The van der Waals surface area contributed by atoms with Crippen molar-refractivity contribution in [3.05, 3.63) is 23.9 Å². The number of hydrogen-bond donors (Lipinski definition) is 2. The number of methoxy groups -OCH3 is 1. The molecule has 8 heteroatoms. The van der Waals surface area contributed by atoms with Crippen molar-refractivity contribution in [2.24, 2.45) is 5.41 Å². The zero-order valence-corrected chi connectivity index (χ0v) is 19.6.